The van der Waals surface area contributed by atoms with Gasteiger partial charge in [0.2, 0.25) is 0 Å². The molecule has 0 radical (unpaired) electrons. The van der Waals surface area contributed by atoms with Crippen LogP contribution in [-0.4, -0.2) is 33.6 Å². The van der Waals surface area contributed by atoms with Crippen LogP contribution in [0.15, 0.2) is 0 Å². The zero-order valence-corrected chi connectivity index (χ0v) is 17.9. The standard InChI is InChI=1S/C24H42O3/c1-5-6-14(2)17-7-8-18-22-19(13-21(27)24(17,18)4)23(3)10-9-16(25)11-15(23)12-20(22)26/h14-22,25-27H,5-13H2,1-4H3/t14-,15+,16?,17-,18+,19+,20?,21?,22+,23+,24-/m1/s1. The first kappa shape index (κ1) is 20.2. The molecule has 0 amide bonds. The molecule has 4 fully saturated rings. The Hall–Kier alpha value is -0.120. The molecule has 0 aromatic heterocycles. The highest BCUT2D eigenvalue weighted by Crippen LogP contribution is 2.68. The monoisotopic (exact) mass is 378 g/mol. The molecular weight excluding hydrogens is 336 g/mol. The van der Waals surface area contributed by atoms with Crippen molar-refractivity contribution in [3.63, 3.8) is 0 Å². The molecule has 0 aromatic carbocycles. The Labute approximate surface area is 165 Å². The maximum atomic E-state index is 11.5. The molecule has 3 heteroatoms. The van der Waals surface area contributed by atoms with Gasteiger partial charge in [-0.05, 0) is 91.3 Å². The van der Waals surface area contributed by atoms with E-state index >= 15 is 0 Å². The molecule has 4 rings (SSSR count). The van der Waals surface area contributed by atoms with E-state index in [0.29, 0.717) is 35.5 Å². The van der Waals surface area contributed by atoms with Crippen LogP contribution in [0.25, 0.3) is 0 Å². The molecule has 0 bridgehead atoms. The Morgan fingerprint density at radius 3 is 2.41 bits per heavy atom. The second-order valence-corrected chi connectivity index (χ2v) is 11.3. The van der Waals surface area contributed by atoms with Crippen LogP contribution in [-0.2, 0) is 0 Å². The fourth-order valence-electron chi connectivity index (χ4n) is 8.79. The van der Waals surface area contributed by atoms with E-state index in [4.69, 9.17) is 0 Å². The van der Waals surface area contributed by atoms with E-state index in [-0.39, 0.29) is 29.1 Å². The smallest absolute Gasteiger partial charge is 0.0602 e. The summed E-state index contributed by atoms with van der Waals surface area (Å²) >= 11 is 0. The van der Waals surface area contributed by atoms with Gasteiger partial charge in [-0.1, -0.05) is 40.5 Å². The summed E-state index contributed by atoms with van der Waals surface area (Å²) in [6.45, 7) is 9.42. The number of aliphatic hydroxyl groups is 3. The van der Waals surface area contributed by atoms with E-state index in [0.717, 1.165) is 32.1 Å². The fraction of sp³-hybridized carbons (Fsp3) is 1.00. The molecular formula is C24H42O3. The highest BCUT2D eigenvalue weighted by Gasteiger charge is 2.65. The Bertz CT molecular complexity index is 550. The molecule has 3 unspecified atom stereocenters. The Morgan fingerprint density at radius 1 is 0.963 bits per heavy atom. The van der Waals surface area contributed by atoms with Crippen molar-refractivity contribution in [3.8, 4) is 0 Å². The molecule has 156 valence electrons. The summed E-state index contributed by atoms with van der Waals surface area (Å²) in [7, 11) is 0. The molecule has 4 aliphatic carbocycles. The summed E-state index contributed by atoms with van der Waals surface area (Å²) in [5.74, 6) is 2.86. The van der Waals surface area contributed by atoms with E-state index in [2.05, 4.69) is 27.7 Å². The predicted octanol–water partition coefficient (Wildman–Crippen LogP) is 4.38. The minimum atomic E-state index is -0.254. The van der Waals surface area contributed by atoms with Crippen molar-refractivity contribution in [2.24, 2.45) is 46.3 Å². The van der Waals surface area contributed by atoms with Crippen LogP contribution in [0, 0.1) is 46.3 Å². The van der Waals surface area contributed by atoms with Gasteiger partial charge in [0.25, 0.3) is 0 Å². The number of hydrogen-bond acceptors (Lipinski definition) is 3. The molecule has 4 aliphatic rings. The van der Waals surface area contributed by atoms with E-state index in [9.17, 15) is 15.3 Å². The lowest BCUT2D eigenvalue weighted by Gasteiger charge is -2.63. The predicted molar refractivity (Wildman–Crippen MR) is 108 cm³/mol. The van der Waals surface area contributed by atoms with Gasteiger partial charge in [0, 0.05) is 0 Å². The van der Waals surface area contributed by atoms with Gasteiger partial charge in [-0.15, -0.1) is 0 Å². The van der Waals surface area contributed by atoms with Gasteiger partial charge in [-0.2, -0.15) is 0 Å². The zero-order chi connectivity index (χ0) is 19.6. The van der Waals surface area contributed by atoms with Gasteiger partial charge in [-0.25, -0.2) is 0 Å². The third-order valence-electron chi connectivity index (χ3n) is 10.3. The molecule has 0 heterocycles. The summed E-state index contributed by atoms with van der Waals surface area (Å²) in [5, 5.41) is 32.9. The quantitative estimate of drug-likeness (QED) is 0.683. The fourth-order valence-corrected chi connectivity index (χ4v) is 8.79. The van der Waals surface area contributed by atoms with E-state index in [1.807, 2.05) is 0 Å². The SMILES string of the molecule is CCC[C@@H](C)[C@H]1CC[C@H]2[C@@H]3C(O)C[C@@H]4CC(O)CC[C@]4(C)[C@H]3CC(O)[C@]12C. The van der Waals surface area contributed by atoms with Crippen molar-refractivity contribution in [1.82, 2.24) is 0 Å². The van der Waals surface area contributed by atoms with Gasteiger partial charge >= 0.3 is 0 Å². The molecule has 3 nitrogen and oxygen atoms in total. The third kappa shape index (κ3) is 2.86. The molecule has 0 aromatic rings. The van der Waals surface area contributed by atoms with Crippen LogP contribution in [0.4, 0.5) is 0 Å². The first-order valence-corrected chi connectivity index (χ1v) is 11.8. The first-order chi connectivity index (χ1) is 12.7. The average Bonchev–Trinajstić information content (AvgIpc) is 2.96. The van der Waals surface area contributed by atoms with Crippen molar-refractivity contribution < 1.29 is 15.3 Å². The normalized spacial score (nSPS) is 56.1. The van der Waals surface area contributed by atoms with Crippen LogP contribution in [0.5, 0.6) is 0 Å². The highest BCUT2D eigenvalue weighted by atomic mass is 16.3. The lowest BCUT2D eigenvalue weighted by Crippen LogP contribution is -2.62. The Kier molecular flexibility index (Phi) is 5.22. The zero-order valence-electron chi connectivity index (χ0n) is 17.9. The summed E-state index contributed by atoms with van der Waals surface area (Å²) in [6.07, 6.45) is 8.64. The summed E-state index contributed by atoms with van der Waals surface area (Å²) < 4.78 is 0. The summed E-state index contributed by atoms with van der Waals surface area (Å²) in [6, 6.07) is 0. The van der Waals surface area contributed by atoms with Crippen molar-refractivity contribution in [2.45, 2.75) is 104 Å². The van der Waals surface area contributed by atoms with Crippen molar-refractivity contribution in [2.75, 3.05) is 0 Å². The number of fused-ring (bicyclic) bond motifs is 5. The minimum Gasteiger partial charge on any atom is -0.393 e. The topological polar surface area (TPSA) is 60.7 Å². The largest absolute Gasteiger partial charge is 0.393 e. The van der Waals surface area contributed by atoms with Crippen molar-refractivity contribution in [1.29, 1.82) is 0 Å². The minimum absolute atomic E-state index is 0.0336. The average molecular weight is 379 g/mol. The Balaban J connectivity index is 1.66. The number of rotatable bonds is 3. The van der Waals surface area contributed by atoms with Gasteiger partial charge in [0.1, 0.15) is 0 Å². The molecule has 0 aliphatic heterocycles. The first-order valence-electron chi connectivity index (χ1n) is 11.8. The van der Waals surface area contributed by atoms with E-state index in [1.165, 1.54) is 25.7 Å². The van der Waals surface area contributed by atoms with Gasteiger partial charge in [0.05, 0.1) is 18.3 Å². The van der Waals surface area contributed by atoms with Gasteiger partial charge < -0.3 is 15.3 Å². The molecule has 27 heavy (non-hydrogen) atoms. The van der Waals surface area contributed by atoms with Crippen LogP contribution >= 0.6 is 0 Å². The van der Waals surface area contributed by atoms with E-state index < -0.39 is 0 Å². The van der Waals surface area contributed by atoms with Crippen molar-refractivity contribution >= 4 is 0 Å². The van der Waals surface area contributed by atoms with Crippen LogP contribution in [0.1, 0.15) is 85.5 Å². The Morgan fingerprint density at radius 2 is 1.70 bits per heavy atom. The number of hydrogen-bond donors (Lipinski definition) is 3. The van der Waals surface area contributed by atoms with E-state index in [1.54, 1.807) is 0 Å². The molecule has 4 saturated carbocycles. The summed E-state index contributed by atoms with van der Waals surface area (Å²) in [5.41, 5.74) is 0.146. The maximum absolute atomic E-state index is 11.5. The third-order valence-corrected chi connectivity index (χ3v) is 10.3. The van der Waals surface area contributed by atoms with Gasteiger partial charge in [0.15, 0.2) is 0 Å². The lowest BCUT2D eigenvalue weighted by molar-refractivity contribution is -0.207. The van der Waals surface area contributed by atoms with Crippen LogP contribution in [0.2, 0.25) is 0 Å². The molecule has 3 N–H and O–H groups in total. The van der Waals surface area contributed by atoms with Crippen LogP contribution < -0.4 is 0 Å². The van der Waals surface area contributed by atoms with Crippen molar-refractivity contribution in [3.05, 3.63) is 0 Å². The molecule has 11 atom stereocenters. The van der Waals surface area contributed by atoms with Gasteiger partial charge in [-0.3, -0.25) is 0 Å². The van der Waals surface area contributed by atoms with Crippen LogP contribution in [0.3, 0.4) is 0 Å². The molecule has 0 saturated heterocycles. The second kappa shape index (κ2) is 6.99. The second-order valence-electron chi connectivity index (χ2n) is 11.3. The maximum Gasteiger partial charge on any atom is 0.0602 e. The number of aliphatic hydroxyl groups excluding tert-OH is 3. The highest BCUT2D eigenvalue weighted by molar-refractivity contribution is 5.14. The summed E-state index contributed by atoms with van der Waals surface area (Å²) in [4.78, 5) is 0. The lowest BCUT2D eigenvalue weighted by atomic mass is 9.43. The molecule has 0 spiro atoms.